The summed E-state index contributed by atoms with van der Waals surface area (Å²) in [6.45, 7) is -0.425. The highest BCUT2D eigenvalue weighted by Gasteiger charge is 2.33. The summed E-state index contributed by atoms with van der Waals surface area (Å²) < 4.78 is 56.8. The SMILES string of the molecule is N#Cc1ccc(OCc2ccc(F)cc2C(F)(F)F)c(N)c1. The second-order valence-corrected chi connectivity index (χ2v) is 4.45. The summed E-state index contributed by atoms with van der Waals surface area (Å²) in [5.74, 6) is -0.828. The number of rotatable bonds is 3. The first-order valence-electron chi connectivity index (χ1n) is 6.09. The van der Waals surface area contributed by atoms with E-state index >= 15 is 0 Å². The van der Waals surface area contributed by atoms with Crippen molar-refractivity contribution in [1.82, 2.24) is 0 Å². The van der Waals surface area contributed by atoms with Gasteiger partial charge in [0.05, 0.1) is 22.9 Å². The van der Waals surface area contributed by atoms with Gasteiger partial charge in [-0.1, -0.05) is 6.07 Å². The van der Waals surface area contributed by atoms with Crippen molar-refractivity contribution in [3.05, 3.63) is 58.9 Å². The van der Waals surface area contributed by atoms with Crippen LogP contribution in [0.15, 0.2) is 36.4 Å². The predicted molar refractivity (Wildman–Crippen MR) is 71.3 cm³/mol. The van der Waals surface area contributed by atoms with Crippen molar-refractivity contribution in [3.63, 3.8) is 0 Å². The van der Waals surface area contributed by atoms with Crippen molar-refractivity contribution < 1.29 is 22.3 Å². The zero-order chi connectivity index (χ0) is 16.3. The molecule has 0 unspecified atom stereocenters. The third-order valence-electron chi connectivity index (χ3n) is 2.90. The lowest BCUT2D eigenvalue weighted by atomic mass is 10.1. The van der Waals surface area contributed by atoms with Crippen LogP contribution in [0.4, 0.5) is 23.2 Å². The van der Waals surface area contributed by atoms with Crippen LogP contribution in [0.25, 0.3) is 0 Å². The Morgan fingerprint density at radius 3 is 2.45 bits per heavy atom. The molecule has 0 fully saturated rings. The van der Waals surface area contributed by atoms with Gasteiger partial charge in [0.2, 0.25) is 0 Å². The summed E-state index contributed by atoms with van der Waals surface area (Å²) in [5.41, 5.74) is 4.78. The largest absolute Gasteiger partial charge is 0.487 e. The number of hydrogen-bond acceptors (Lipinski definition) is 3. The lowest BCUT2D eigenvalue weighted by Gasteiger charge is -2.14. The molecular weight excluding hydrogens is 300 g/mol. The van der Waals surface area contributed by atoms with E-state index < -0.39 is 24.2 Å². The number of halogens is 4. The van der Waals surface area contributed by atoms with E-state index in [-0.39, 0.29) is 17.0 Å². The standard InChI is InChI=1S/C15H10F4N2O/c16-11-3-2-10(12(6-11)15(17,18)19)8-22-14-4-1-9(7-20)5-13(14)21/h1-6H,8,21H2. The van der Waals surface area contributed by atoms with Crippen LogP contribution < -0.4 is 10.5 Å². The number of hydrogen-bond donors (Lipinski definition) is 1. The number of nitrogens with zero attached hydrogens (tertiary/aromatic N) is 1. The number of anilines is 1. The summed E-state index contributed by atoms with van der Waals surface area (Å²) in [5, 5.41) is 8.71. The average molecular weight is 310 g/mol. The summed E-state index contributed by atoms with van der Waals surface area (Å²) in [4.78, 5) is 0. The molecule has 2 aromatic rings. The predicted octanol–water partition coefficient (Wildman–Crippen LogP) is 3.88. The molecule has 2 aromatic carbocycles. The fourth-order valence-electron chi connectivity index (χ4n) is 1.84. The molecular formula is C15H10F4N2O. The molecule has 7 heteroatoms. The van der Waals surface area contributed by atoms with Gasteiger partial charge >= 0.3 is 6.18 Å². The van der Waals surface area contributed by atoms with Gasteiger partial charge < -0.3 is 10.5 Å². The second-order valence-electron chi connectivity index (χ2n) is 4.45. The molecule has 0 saturated carbocycles. The summed E-state index contributed by atoms with van der Waals surface area (Å²) in [7, 11) is 0. The van der Waals surface area contributed by atoms with Gasteiger partial charge in [0.25, 0.3) is 0 Å². The molecule has 0 saturated heterocycles. The highest BCUT2D eigenvalue weighted by atomic mass is 19.4. The molecule has 0 aliphatic heterocycles. The maximum Gasteiger partial charge on any atom is 0.416 e. The highest BCUT2D eigenvalue weighted by Crippen LogP contribution is 2.33. The van der Waals surface area contributed by atoms with Crippen LogP contribution in [0.2, 0.25) is 0 Å². The van der Waals surface area contributed by atoms with E-state index in [9.17, 15) is 17.6 Å². The number of benzene rings is 2. The zero-order valence-electron chi connectivity index (χ0n) is 11.1. The van der Waals surface area contributed by atoms with Crippen molar-refractivity contribution in [2.24, 2.45) is 0 Å². The second kappa shape index (κ2) is 5.93. The molecule has 22 heavy (non-hydrogen) atoms. The fraction of sp³-hybridized carbons (Fsp3) is 0.133. The maximum absolute atomic E-state index is 13.0. The van der Waals surface area contributed by atoms with Crippen molar-refractivity contribution in [2.45, 2.75) is 12.8 Å². The first kappa shape index (κ1) is 15.6. The van der Waals surface area contributed by atoms with Crippen LogP contribution in [-0.2, 0) is 12.8 Å². The first-order valence-corrected chi connectivity index (χ1v) is 6.09. The van der Waals surface area contributed by atoms with E-state index in [1.807, 2.05) is 6.07 Å². The molecule has 0 aliphatic rings. The molecule has 0 aliphatic carbocycles. The van der Waals surface area contributed by atoms with Gasteiger partial charge in [-0.3, -0.25) is 0 Å². The monoisotopic (exact) mass is 310 g/mol. The van der Waals surface area contributed by atoms with E-state index in [0.717, 1.165) is 12.1 Å². The smallest absolute Gasteiger partial charge is 0.416 e. The number of ether oxygens (including phenoxy) is 1. The summed E-state index contributed by atoms with van der Waals surface area (Å²) >= 11 is 0. The van der Waals surface area contributed by atoms with Crippen molar-refractivity contribution in [1.29, 1.82) is 5.26 Å². The van der Waals surface area contributed by atoms with Gasteiger partial charge in [-0.15, -0.1) is 0 Å². The molecule has 2 rings (SSSR count). The summed E-state index contributed by atoms with van der Waals surface area (Å²) in [6.07, 6.45) is -4.68. The Morgan fingerprint density at radius 1 is 1.14 bits per heavy atom. The molecule has 0 bridgehead atoms. The number of nitrogens with two attached hydrogens (primary N) is 1. The highest BCUT2D eigenvalue weighted by molar-refractivity contribution is 5.56. The Labute approximate surface area is 123 Å². The van der Waals surface area contributed by atoms with E-state index in [1.54, 1.807) is 0 Å². The van der Waals surface area contributed by atoms with E-state index in [0.29, 0.717) is 11.6 Å². The lowest BCUT2D eigenvalue weighted by molar-refractivity contribution is -0.138. The van der Waals surface area contributed by atoms with Crippen LogP contribution in [-0.4, -0.2) is 0 Å². The van der Waals surface area contributed by atoms with E-state index in [2.05, 4.69) is 0 Å². The van der Waals surface area contributed by atoms with Crippen molar-refractivity contribution in [2.75, 3.05) is 5.73 Å². The van der Waals surface area contributed by atoms with E-state index in [1.165, 1.54) is 18.2 Å². The Balaban J connectivity index is 2.24. The number of nitrogen functional groups attached to an aromatic ring is 1. The molecule has 0 atom stereocenters. The molecule has 0 aromatic heterocycles. The number of nitriles is 1. The van der Waals surface area contributed by atoms with Gasteiger partial charge in [-0.25, -0.2) is 4.39 Å². The topological polar surface area (TPSA) is 59.0 Å². The molecule has 0 radical (unpaired) electrons. The molecule has 3 nitrogen and oxygen atoms in total. The summed E-state index contributed by atoms with van der Waals surface area (Å²) in [6, 6.07) is 8.41. The van der Waals surface area contributed by atoms with Crippen LogP contribution in [0, 0.1) is 17.1 Å². The normalized spacial score (nSPS) is 11.0. The van der Waals surface area contributed by atoms with Crippen LogP contribution in [0.3, 0.4) is 0 Å². The Kier molecular flexibility index (Phi) is 4.22. The van der Waals surface area contributed by atoms with Crippen molar-refractivity contribution >= 4 is 5.69 Å². The van der Waals surface area contributed by atoms with E-state index in [4.69, 9.17) is 15.7 Å². The lowest BCUT2D eigenvalue weighted by Crippen LogP contribution is -2.11. The quantitative estimate of drug-likeness (QED) is 0.691. The third kappa shape index (κ3) is 3.47. The van der Waals surface area contributed by atoms with Crippen molar-refractivity contribution in [3.8, 4) is 11.8 Å². The molecule has 114 valence electrons. The zero-order valence-corrected chi connectivity index (χ0v) is 11.1. The third-order valence-corrected chi connectivity index (χ3v) is 2.90. The van der Waals surface area contributed by atoms with Gasteiger partial charge in [0.1, 0.15) is 18.2 Å². The minimum absolute atomic E-state index is 0.134. The molecule has 0 spiro atoms. The molecule has 0 amide bonds. The maximum atomic E-state index is 13.0. The minimum atomic E-state index is -4.68. The Hall–Kier alpha value is -2.75. The number of alkyl halides is 3. The van der Waals surface area contributed by atoms with Gasteiger partial charge in [0, 0.05) is 5.56 Å². The first-order chi connectivity index (χ1) is 10.3. The van der Waals surface area contributed by atoms with Crippen LogP contribution in [0.1, 0.15) is 16.7 Å². The fourth-order valence-corrected chi connectivity index (χ4v) is 1.84. The Morgan fingerprint density at radius 2 is 1.86 bits per heavy atom. The molecule has 0 heterocycles. The van der Waals surface area contributed by atoms with Crippen LogP contribution >= 0.6 is 0 Å². The average Bonchev–Trinajstić information content (AvgIpc) is 2.46. The minimum Gasteiger partial charge on any atom is -0.487 e. The molecule has 2 N–H and O–H groups in total. The van der Waals surface area contributed by atoms with Gasteiger partial charge in [-0.2, -0.15) is 18.4 Å². The van der Waals surface area contributed by atoms with Gasteiger partial charge in [-0.05, 0) is 30.3 Å². The van der Waals surface area contributed by atoms with Gasteiger partial charge in [0.15, 0.2) is 0 Å². The van der Waals surface area contributed by atoms with Crippen LogP contribution in [0.5, 0.6) is 5.75 Å². The Bertz CT molecular complexity index is 735.